The highest BCUT2D eigenvalue weighted by molar-refractivity contribution is 8.00. The zero-order valence-corrected chi connectivity index (χ0v) is 14.9. The first-order valence-electron chi connectivity index (χ1n) is 8.21. The monoisotopic (exact) mass is 374 g/mol. The number of ether oxygens (including phenoxy) is 1. The Morgan fingerprint density at radius 3 is 2.65 bits per heavy atom. The van der Waals surface area contributed by atoms with Crippen LogP contribution < -0.4 is 5.73 Å². The molecular formula is C19H19FN2O3S. The molecule has 26 heavy (non-hydrogen) atoms. The quantitative estimate of drug-likeness (QED) is 0.817. The second-order valence-electron chi connectivity index (χ2n) is 5.91. The Hall–Kier alpha value is -2.38. The molecule has 7 heteroatoms. The minimum absolute atomic E-state index is 0.117. The summed E-state index contributed by atoms with van der Waals surface area (Å²) in [6.45, 7) is 1.27. The highest BCUT2D eigenvalue weighted by Gasteiger charge is 2.27. The van der Waals surface area contributed by atoms with Gasteiger partial charge in [-0.05, 0) is 29.8 Å². The third-order valence-electron chi connectivity index (χ3n) is 4.08. The number of rotatable bonds is 5. The van der Waals surface area contributed by atoms with Crippen LogP contribution in [0, 0.1) is 5.82 Å². The first-order chi connectivity index (χ1) is 12.5. The van der Waals surface area contributed by atoms with Crippen LogP contribution in [-0.4, -0.2) is 42.2 Å². The normalized spacial score (nSPS) is 17.1. The second-order valence-corrected chi connectivity index (χ2v) is 6.93. The van der Waals surface area contributed by atoms with Crippen LogP contribution in [-0.2, 0) is 9.53 Å². The van der Waals surface area contributed by atoms with Gasteiger partial charge in [-0.2, -0.15) is 0 Å². The second kappa shape index (κ2) is 8.33. The number of primary amides is 1. The molecule has 1 aliphatic rings. The maximum Gasteiger partial charge on any atom is 0.255 e. The van der Waals surface area contributed by atoms with Crippen LogP contribution in [0.15, 0.2) is 53.4 Å². The number of morpholine rings is 1. The Kier molecular flexibility index (Phi) is 5.90. The van der Waals surface area contributed by atoms with Crippen molar-refractivity contribution in [3.63, 3.8) is 0 Å². The maximum absolute atomic E-state index is 13.1. The van der Waals surface area contributed by atoms with Crippen molar-refractivity contribution in [1.82, 2.24) is 4.90 Å². The summed E-state index contributed by atoms with van der Waals surface area (Å²) in [5.74, 6) is -0.739. The van der Waals surface area contributed by atoms with E-state index in [1.54, 1.807) is 35.2 Å². The Labute approximate surface area is 155 Å². The van der Waals surface area contributed by atoms with E-state index in [-0.39, 0.29) is 23.6 Å². The summed E-state index contributed by atoms with van der Waals surface area (Å²) in [7, 11) is 0. The summed E-state index contributed by atoms with van der Waals surface area (Å²) in [4.78, 5) is 26.5. The molecule has 0 radical (unpaired) electrons. The molecule has 0 aliphatic carbocycles. The third-order valence-corrected chi connectivity index (χ3v) is 5.18. The molecule has 1 aliphatic heterocycles. The van der Waals surface area contributed by atoms with E-state index in [1.807, 2.05) is 6.07 Å². The van der Waals surface area contributed by atoms with Crippen LogP contribution in [0.25, 0.3) is 0 Å². The molecule has 0 bridgehead atoms. The molecule has 1 fully saturated rings. The summed E-state index contributed by atoms with van der Waals surface area (Å²) in [5.41, 5.74) is 6.58. The summed E-state index contributed by atoms with van der Waals surface area (Å²) in [6.07, 6.45) is -0.293. The molecule has 5 nitrogen and oxygen atoms in total. The summed E-state index contributed by atoms with van der Waals surface area (Å²) >= 11 is 1.25. The minimum atomic E-state index is -0.431. The number of carbonyl (C=O) groups is 2. The maximum atomic E-state index is 13.1. The van der Waals surface area contributed by atoms with E-state index in [2.05, 4.69) is 0 Å². The molecule has 1 atom stereocenters. The number of amides is 2. The molecule has 2 aromatic carbocycles. The van der Waals surface area contributed by atoms with E-state index in [0.29, 0.717) is 25.3 Å². The van der Waals surface area contributed by atoms with Crippen molar-refractivity contribution in [3.8, 4) is 0 Å². The van der Waals surface area contributed by atoms with Gasteiger partial charge in [0.2, 0.25) is 5.91 Å². The van der Waals surface area contributed by atoms with Gasteiger partial charge in [0.05, 0.1) is 24.5 Å². The van der Waals surface area contributed by atoms with Gasteiger partial charge >= 0.3 is 0 Å². The first kappa shape index (κ1) is 18.4. The van der Waals surface area contributed by atoms with Crippen molar-refractivity contribution in [3.05, 3.63) is 65.5 Å². The lowest BCUT2D eigenvalue weighted by Crippen LogP contribution is -2.42. The number of benzene rings is 2. The van der Waals surface area contributed by atoms with E-state index in [9.17, 15) is 14.0 Å². The number of carbonyl (C=O) groups excluding carboxylic acids is 2. The lowest BCUT2D eigenvalue weighted by Gasteiger charge is -2.33. The van der Waals surface area contributed by atoms with Crippen LogP contribution >= 0.6 is 11.8 Å². The van der Waals surface area contributed by atoms with Crippen molar-refractivity contribution in [2.75, 3.05) is 25.4 Å². The van der Waals surface area contributed by atoms with Crippen molar-refractivity contribution in [2.45, 2.75) is 11.0 Å². The summed E-state index contributed by atoms with van der Waals surface area (Å²) in [5, 5.41) is 0. The average Bonchev–Trinajstić information content (AvgIpc) is 2.66. The lowest BCUT2D eigenvalue weighted by molar-refractivity contribution is -0.115. The van der Waals surface area contributed by atoms with Crippen LogP contribution in [0.4, 0.5) is 4.39 Å². The van der Waals surface area contributed by atoms with Crippen molar-refractivity contribution >= 4 is 23.6 Å². The van der Waals surface area contributed by atoms with Crippen LogP contribution in [0.3, 0.4) is 0 Å². The summed E-state index contributed by atoms with van der Waals surface area (Å²) in [6, 6.07) is 13.3. The number of thioether (sulfide) groups is 1. The van der Waals surface area contributed by atoms with Gasteiger partial charge in [0, 0.05) is 11.4 Å². The average molecular weight is 374 g/mol. The highest BCUT2D eigenvalue weighted by Crippen LogP contribution is 2.27. The predicted molar refractivity (Wildman–Crippen MR) is 97.4 cm³/mol. The van der Waals surface area contributed by atoms with Crippen molar-refractivity contribution in [2.24, 2.45) is 5.73 Å². The van der Waals surface area contributed by atoms with Gasteiger partial charge in [0.25, 0.3) is 5.91 Å². The molecule has 1 unspecified atom stereocenters. The van der Waals surface area contributed by atoms with Gasteiger partial charge in [-0.3, -0.25) is 9.59 Å². The van der Waals surface area contributed by atoms with Gasteiger partial charge in [-0.15, -0.1) is 11.8 Å². The van der Waals surface area contributed by atoms with Crippen LogP contribution in [0.2, 0.25) is 0 Å². The molecule has 0 spiro atoms. The Balaban J connectivity index is 1.75. The number of hydrogen-bond acceptors (Lipinski definition) is 4. The van der Waals surface area contributed by atoms with Gasteiger partial charge in [-0.25, -0.2) is 4.39 Å². The van der Waals surface area contributed by atoms with Crippen molar-refractivity contribution in [1.29, 1.82) is 0 Å². The molecule has 136 valence electrons. The molecule has 2 N–H and O–H groups in total. The fourth-order valence-electron chi connectivity index (χ4n) is 2.80. The van der Waals surface area contributed by atoms with Gasteiger partial charge in [-0.1, -0.05) is 24.3 Å². The summed E-state index contributed by atoms with van der Waals surface area (Å²) < 4.78 is 18.9. The smallest absolute Gasteiger partial charge is 0.255 e. The molecule has 0 saturated carbocycles. The molecule has 2 aromatic rings. The Bertz CT molecular complexity index is 798. The van der Waals surface area contributed by atoms with E-state index in [0.717, 1.165) is 10.5 Å². The van der Waals surface area contributed by atoms with E-state index in [4.69, 9.17) is 10.5 Å². The van der Waals surface area contributed by atoms with Crippen LogP contribution in [0.1, 0.15) is 22.0 Å². The Morgan fingerprint density at radius 1 is 1.19 bits per heavy atom. The number of hydrogen-bond donors (Lipinski definition) is 1. The molecule has 3 rings (SSSR count). The third kappa shape index (κ3) is 4.42. The topological polar surface area (TPSA) is 72.6 Å². The zero-order valence-electron chi connectivity index (χ0n) is 14.1. The fourth-order valence-corrected chi connectivity index (χ4v) is 3.58. The standard InChI is InChI=1S/C19H19FN2O3S/c20-14-7-5-13(6-8-14)16-11-22(9-10-25-16)19(24)15-3-1-2-4-17(15)26-12-18(21)23/h1-8,16H,9-12H2,(H2,21,23). The molecule has 1 saturated heterocycles. The molecule has 2 amide bonds. The Morgan fingerprint density at radius 2 is 1.92 bits per heavy atom. The number of halogens is 1. The molecular weight excluding hydrogens is 355 g/mol. The molecule has 1 heterocycles. The van der Waals surface area contributed by atoms with E-state index < -0.39 is 5.91 Å². The van der Waals surface area contributed by atoms with E-state index >= 15 is 0 Å². The van der Waals surface area contributed by atoms with Gasteiger partial charge in [0.15, 0.2) is 0 Å². The minimum Gasteiger partial charge on any atom is -0.370 e. The number of nitrogens with two attached hydrogens (primary N) is 1. The predicted octanol–water partition coefficient (Wildman–Crippen LogP) is 2.62. The van der Waals surface area contributed by atoms with Gasteiger partial charge in [0.1, 0.15) is 11.9 Å². The largest absolute Gasteiger partial charge is 0.370 e. The molecule has 0 aromatic heterocycles. The van der Waals surface area contributed by atoms with Gasteiger partial charge < -0.3 is 15.4 Å². The lowest BCUT2D eigenvalue weighted by atomic mass is 10.1. The highest BCUT2D eigenvalue weighted by atomic mass is 32.2. The fraction of sp³-hybridized carbons (Fsp3) is 0.263. The SMILES string of the molecule is NC(=O)CSc1ccccc1C(=O)N1CCOC(c2ccc(F)cc2)C1. The van der Waals surface area contributed by atoms with E-state index in [1.165, 1.54) is 23.9 Å². The zero-order chi connectivity index (χ0) is 18.5. The number of nitrogens with zero attached hydrogens (tertiary/aromatic N) is 1. The van der Waals surface area contributed by atoms with Crippen LogP contribution in [0.5, 0.6) is 0 Å². The van der Waals surface area contributed by atoms with Crippen molar-refractivity contribution < 1.29 is 18.7 Å². The first-order valence-corrected chi connectivity index (χ1v) is 9.19.